The van der Waals surface area contributed by atoms with Crippen molar-refractivity contribution in [3.8, 4) is 16.3 Å². The number of thiophene rings is 1. The van der Waals surface area contributed by atoms with E-state index < -0.39 is 0 Å². The molecule has 2 aromatic heterocycles. The lowest BCUT2D eigenvalue weighted by atomic mass is 10.2. The number of pyridine rings is 1. The summed E-state index contributed by atoms with van der Waals surface area (Å²) < 4.78 is 5.24. The summed E-state index contributed by atoms with van der Waals surface area (Å²) in [5.74, 6) is 0.661. The van der Waals surface area contributed by atoms with Gasteiger partial charge in [-0.05, 0) is 48.2 Å². The van der Waals surface area contributed by atoms with Crippen LogP contribution < -0.4 is 20.6 Å². The van der Waals surface area contributed by atoms with Gasteiger partial charge in [0.25, 0.3) is 0 Å². The van der Waals surface area contributed by atoms with Gasteiger partial charge in [0, 0.05) is 16.6 Å². The first kappa shape index (κ1) is 16.9. The first-order chi connectivity index (χ1) is 12.7. The van der Waals surface area contributed by atoms with E-state index in [1.165, 1.54) is 0 Å². The van der Waals surface area contributed by atoms with Crippen LogP contribution in [0.15, 0.2) is 53.9 Å². The fraction of sp³-hybridized carbons (Fsp3) is 0.0952. The molecule has 0 aliphatic heterocycles. The van der Waals surface area contributed by atoms with Crippen molar-refractivity contribution >= 4 is 46.5 Å². The number of rotatable bonds is 4. The van der Waals surface area contributed by atoms with Crippen molar-refractivity contribution in [2.45, 2.75) is 6.42 Å². The highest BCUT2D eigenvalue weighted by atomic mass is 35.5. The zero-order valence-electron chi connectivity index (χ0n) is 14.2. The Morgan fingerprint density at radius 1 is 1.23 bits per heavy atom. The van der Waals surface area contributed by atoms with E-state index in [0.29, 0.717) is 10.8 Å². The molecule has 3 aromatic rings. The van der Waals surface area contributed by atoms with Crippen LogP contribution in [0.25, 0.3) is 22.7 Å². The Bertz CT molecular complexity index is 1090. The Hall–Kier alpha value is -2.56. The minimum atomic E-state index is 0.577. The number of hydrogen-bond acceptors (Lipinski definition) is 4. The molecule has 5 heteroatoms. The minimum absolute atomic E-state index is 0.577. The number of nitrogens with zero attached hydrogens (tertiary/aromatic N) is 1. The Morgan fingerprint density at radius 3 is 2.92 bits per heavy atom. The van der Waals surface area contributed by atoms with Crippen molar-refractivity contribution in [3.63, 3.8) is 0 Å². The molecule has 0 fully saturated rings. The number of benzene rings is 1. The van der Waals surface area contributed by atoms with Crippen LogP contribution in [0, 0.1) is 0 Å². The second-order valence-corrected chi connectivity index (χ2v) is 7.20. The molecule has 1 aromatic carbocycles. The lowest BCUT2D eigenvalue weighted by Gasteiger charge is -2.11. The zero-order valence-corrected chi connectivity index (χ0v) is 15.8. The van der Waals surface area contributed by atoms with Crippen molar-refractivity contribution in [1.29, 1.82) is 0 Å². The quantitative estimate of drug-likeness (QED) is 0.710. The van der Waals surface area contributed by atoms with Gasteiger partial charge >= 0.3 is 0 Å². The van der Waals surface area contributed by atoms with E-state index in [0.717, 1.165) is 38.9 Å². The molecule has 0 saturated heterocycles. The third kappa shape index (κ3) is 3.39. The van der Waals surface area contributed by atoms with Crippen molar-refractivity contribution in [3.05, 3.63) is 69.5 Å². The molecular weight excluding hydrogens is 364 g/mol. The zero-order chi connectivity index (χ0) is 17.9. The Labute approximate surface area is 160 Å². The lowest BCUT2D eigenvalue weighted by molar-refractivity contribution is 0.415. The van der Waals surface area contributed by atoms with Crippen LogP contribution >= 0.6 is 22.9 Å². The molecule has 0 atom stereocenters. The first-order valence-corrected chi connectivity index (χ1v) is 9.53. The summed E-state index contributed by atoms with van der Waals surface area (Å²) >= 11 is 7.96. The summed E-state index contributed by atoms with van der Waals surface area (Å²) in [5, 5.41) is 8.21. The van der Waals surface area contributed by atoms with Crippen LogP contribution in [-0.2, 0) is 0 Å². The molecule has 130 valence electrons. The Balaban J connectivity index is 1.84. The second-order valence-electron chi connectivity index (χ2n) is 5.84. The number of ether oxygens (including phenoxy) is 1. The molecule has 0 amide bonds. The van der Waals surface area contributed by atoms with E-state index in [1.54, 1.807) is 18.4 Å². The number of hydrogen-bond donors (Lipinski definition) is 1. The number of anilines is 2. The minimum Gasteiger partial charge on any atom is -0.495 e. The molecule has 0 radical (unpaired) electrons. The number of allylic oxidation sites excluding steroid dienone is 2. The molecule has 0 bridgehead atoms. The van der Waals surface area contributed by atoms with E-state index in [-0.39, 0.29) is 0 Å². The molecule has 3 nitrogen and oxygen atoms in total. The maximum absolute atomic E-state index is 6.28. The fourth-order valence-corrected chi connectivity index (χ4v) is 3.84. The predicted octanol–water partition coefficient (Wildman–Crippen LogP) is 4.74. The topological polar surface area (TPSA) is 34.1 Å². The number of nitrogens with one attached hydrogen (secondary N) is 1. The molecule has 1 aliphatic rings. The van der Waals surface area contributed by atoms with Gasteiger partial charge in [0.2, 0.25) is 0 Å². The number of methoxy groups -OCH3 is 1. The van der Waals surface area contributed by atoms with Gasteiger partial charge in [-0.25, -0.2) is 4.98 Å². The average Bonchev–Trinajstić information content (AvgIpc) is 3.07. The van der Waals surface area contributed by atoms with E-state index in [4.69, 9.17) is 21.3 Å². The van der Waals surface area contributed by atoms with Crippen LogP contribution in [0.1, 0.15) is 6.42 Å². The van der Waals surface area contributed by atoms with Gasteiger partial charge in [-0.15, -0.1) is 11.3 Å². The monoisotopic (exact) mass is 380 g/mol. The van der Waals surface area contributed by atoms with Crippen LogP contribution in [0.2, 0.25) is 5.02 Å². The van der Waals surface area contributed by atoms with Gasteiger partial charge in [-0.1, -0.05) is 35.9 Å². The van der Waals surface area contributed by atoms with E-state index in [9.17, 15) is 0 Å². The van der Waals surface area contributed by atoms with Crippen molar-refractivity contribution in [2.75, 3.05) is 12.4 Å². The summed E-state index contributed by atoms with van der Waals surface area (Å²) in [6.07, 6.45) is 9.31. The van der Waals surface area contributed by atoms with Crippen LogP contribution in [0.3, 0.4) is 0 Å². The van der Waals surface area contributed by atoms with Gasteiger partial charge in [0.05, 0.1) is 28.1 Å². The molecule has 0 spiro atoms. The van der Waals surface area contributed by atoms with Gasteiger partial charge in [-0.3, -0.25) is 0 Å². The van der Waals surface area contributed by atoms with E-state index in [2.05, 4.69) is 47.1 Å². The molecule has 1 N–H and O–H groups in total. The Kier molecular flexibility index (Phi) is 4.78. The number of fused-ring (bicyclic) bond motifs is 1. The maximum atomic E-state index is 6.28. The highest BCUT2D eigenvalue weighted by Crippen LogP contribution is 2.29. The molecule has 4 rings (SSSR count). The Morgan fingerprint density at radius 2 is 2.15 bits per heavy atom. The van der Waals surface area contributed by atoms with Crippen LogP contribution in [0.4, 0.5) is 11.4 Å². The highest BCUT2D eigenvalue weighted by molar-refractivity contribution is 7.13. The van der Waals surface area contributed by atoms with Crippen molar-refractivity contribution in [2.24, 2.45) is 0 Å². The summed E-state index contributed by atoms with van der Waals surface area (Å²) in [6, 6.07) is 11.9. The van der Waals surface area contributed by atoms with Gasteiger partial charge in [0.15, 0.2) is 0 Å². The van der Waals surface area contributed by atoms with Crippen molar-refractivity contribution < 1.29 is 4.74 Å². The van der Waals surface area contributed by atoms with Gasteiger partial charge in [-0.2, -0.15) is 0 Å². The van der Waals surface area contributed by atoms with Gasteiger partial charge < -0.3 is 10.1 Å². The SMILES string of the molecule is COc1ccc(Nc2cc(-c3cccs3)nc3c2=CCC=CC=3)cc1Cl. The van der Waals surface area contributed by atoms with E-state index in [1.807, 2.05) is 24.3 Å². The van der Waals surface area contributed by atoms with E-state index >= 15 is 0 Å². The summed E-state index contributed by atoms with van der Waals surface area (Å²) in [7, 11) is 1.61. The third-order valence-electron chi connectivity index (χ3n) is 4.14. The maximum Gasteiger partial charge on any atom is 0.137 e. The largest absolute Gasteiger partial charge is 0.495 e. The highest BCUT2D eigenvalue weighted by Gasteiger charge is 2.08. The summed E-state index contributed by atoms with van der Waals surface area (Å²) in [5.41, 5.74) is 2.88. The normalized spacial score (nSPS) is 12.5. The number of halogens is 1. The fourth-order valence-electron chi connectivity index (χ4n) is 2.89. The standard InChI is InChI=1S/C21H17ClN2OS/c1-25-20-10-9-14(12-16(20)22)23-18-13-19(21-8-5-11-26-21)24-17-7-4-2-3-6-15(17)18/h2,4-13,23H,3H2,1H3. The molecule has 2 heterocycles. The second kappa shape index (κ2) is 7.36. The lowest BCUT2D eigenvalue weighted by Crippen LogP contribution is -2.30. The molecular formula is C21H17ClN2OS. The van der Waals surface area contributed by atoms with Crippen LogP contribution in [-0.4, -0.2) is 12.1 Å². The van der Waals surface area contributed by atoms with Crippen molar-refractivity contribution in [1.82, 2.24) is 4.98 Å². The average molecular weight is 381 g/mol. The van der Waals surface area contributed by atoms with Crippen LogP contribution in [0.5, 0.6) is 5.75 Å². The number of aromatic nitrogens is 1. The summed E-state index contributed by atoms with van der Waals surface area (Å²) in [6.45, 7) is 0. The molecule has 1 aliphatic carbocycles. The smallest absolute Gasteiger partial charge is 0.137 e. The molecule has 0 saturated carbocycles. The predicted molar refractivity (Wildman–Crippen MR) is 111 cm³/mol. The third-order valence-corrected chi connectivity index (χ3v) is 5.33. The molecule has 26 heavy (non-hydrogen) atoms. The molecule has 0 unspecified atom stereocenters. The first-order valence-electron chi connectivity index (χ1n) is 8.27. The summed E-state index contributed by atoms with van der Waals surface area (Å²) in [4.78, 5) is 5.99. The van der Waals surface area contributed by atoms with Gasteiger partial charge in [0.1, 0.15) is 5.75 Å².